The van der Waals surface area contributed by atoms with Gasteiger partial charge in [0.15, 0.2) is 0 Å². The maximum atomic E-state index is 12.8. The number of likely N-dealkylation sites (N-methyl/N-ethyl adjacent to an activating group) is 1. The highest BCUT2D eigenvalue weighted by atomic mass is 16.2. The first kappa shape index (κ1) is 24.1. The molecule has 1 heterocycles. The van der Waals surface area contributed by atoms with Crippen LogP contribution >= 0.6 is 0 Å². The number of carbonyl (C=O) groups excluding carboxylic acids is 4. The highest BCUT2D eigenvalue weighted by molar-refractivity contribution is 6.01. The lowest BCUT2D eigenvalue weighted by atomic mass is 10.1. The third-order valence-electron chi connectivity index (χ3n) is 5.09. The molecule has 3 amide bonds. The molecule has 1 unspecified atom stereocenters. The lowest BCUT2D eigenvalue weighted by Crippen LogP contribution is -2.46. The van der Waals surface area contributed by atoms with Gasteiger partial charge >= 0.3 is 0 Å². The van der Waals surface area contributed by atoms with Crippen molar-refractivity contribution in [2.45, 2.75) is 44.7 Å². The Labute approximate surface area is 183 Å². The molecule has 2 rings (SSSR count). The summed E-state index contributed by atoms with van der Waals surface area (Å²) in [5.41, 5.74) is 2.26. The summed E-state index contributed by atoms with van der Waals surface area (Å²) in [5.74, 6) is 5.80. The van der Waals surface area contributed by atoms with E-state index in [1.807, 2.05) is 12.1 Å². The fourth-order valence-corrected chi connectivity index (χ4v) is 3.47. The van der Waals surface area contributed by atoms with Gasteiger partial charge in [-0.1, -0.05) is 11.8 Å². The Morgan fingerprint density at radius 3 is 2.77 bits per heavy atom. The molecule has 1 aromatic carbocycles. The van der Waals surface area contributed by atoms with Crippen LogP contribution in [0.4, 0.5) is 0 Å². The van der Waals surface area contributed by atoms with Crippen molar-refractivity contribution in [3.8, 4) is 11.8 Å². The third kappa shape index (κ3) is 7.23. The summed E-state index contributed by atoms with van der Waals surface area (Å²) >= 11 is 0. The average Bonchev–Trinajstić information content (AvgIpc) is 3.10. The van der Waals surface area contributed by atoms with Crippen LogP contribution in [-0.2, 0) is 20.9 Å². The van der Waals surface area contributed by atoms with Crippen LogP contribution in [0.5, 0.6) is 0 Å². The summed E-state index contributed by atoms with van der Waals surface area (Å²) < 4.78 is 0. The number of fused-ring (bicyclic) bond motifs is 1. The van der Waals surface area contributed by atoms with Crippen LogP contribution < -0.4 is 16.0 Å². The SMILES string of the molecule is CNC(=O)C(CCC=O)N1Cc2cc(C#CCCNCCCCNC=O)ccc2C1=O. The monoisotopic (exact) mass is 426 g/mol. The third-order valence-corrected chi connectivity index (χ3v) is 5.09. The molecule has 1 aliphatic rings. The molecule has 8 nitrogen and oxygen atoms in total. The van der Waals surface area contributed by atoms with Crippen molar-refractivity contribution in [1.82, 2.24) is 20.9 Å². The molecular formula is C23H30N4O4. The number of carbonyl (C=O) groups is 4. The van der Waals surface area contributed by atoms with Crippen molar-refractivity contribution in [3.63, 3.8) is 0 Å². The Bertz CT molecular complexity index is 844. The molecule has 1 atom stereocenters. The summed E-state index contributed by atoms with van der Waals surface area (Å²) in [5, 5.41) is 8.53. The number of benzene rings is 1. The first-order valence-corrected chi connectivity index (χ1v) is 10.6. The number of hydrogen-bond acceptors (Lipinski definition) is 5. The molecule has 0 aliphatic carbocycles. The average molecular weight is 427 g/mol. The molecule has 8 heteroatoms. The number of rotatable bonds is 13. The van der Waals surface area contributed by atoms with Crippen LogP contribution in [0.2, 0.25) is 0 Å². The number of nitrogens with one attached hydrogen (secondary N) is 3. The first-order chi connectivity index (χ1) is 15.1. The van der Waals surface area contributed by atoms with Crippen molar-refractivity contribution in [1.29, 1.82) is 0 Å². The number of aldehydes is 1. The molecule has 0 bridgehead atoms. The maximum absolute atomic E-state index is 12.8. The van der Waals surface area contributed by atoms with E-state index in [2.05, 4.69) is 27.8 Å². The van der Waals surface area contributed by atoms with Crippen LogP contribution in [-0.4, -0.2) is 62.1 Å². The fraction of sp³-hybridized carbons (Fsp3) is 0.478. The van der Waals surface area contributed by atoms with Gasteiger partial charge in [-0.3, -0.25) is 14.4 Å². The summed E-state index contributed by atoms with van der Waals surface area (Å²) in [6.45, 7) is 2.71. The zero-order valence-electron chi connectivity index (χ0n) is 17.9. The molecule has 3 N–H and O–H groups in total. The van der Waals surface area contributed by atoms with E-state index in [0.717, 1.165) is 43.3 Å². The zero-order valence-corrected chi connectivity index (χ0v) is 17.9. The Morgan fingerprint density at radius 2 is 2.03 bits per heavy atom. The lowest BCUT2D eigenvalue weighted by Gasteiger charge is -2.25. The highest BCUT2D eigenvalue weighted by Crippen LogP contribution is 2.27. The maximum Gasteiger partial charge on any atom is 0.255 e. The quantitative estimate of drug-likeness (QED) is 0.243. The van der Waals surface area contributed by atoms with Crippen molar-refractivity contribution in [2.75, 3.05) is 26.7 Å². The van der Waals surface area contributed by atoms with Crippen molar-refractivity contribution < 1.29 is 19.2 Å². The smallest absolute Gasteiger partial charge is 0.255 e. The fourth-order valence-electron chi connectivity index (χ4n) is 3.47. The number of hydrogen-bond donors (Lipinski definition) is 3. The summed E-state index contributed by atoms with van der Waals surface area (Å²) in [4.78, 5) is 47.4. The minimum absolute atomic E-state index is 0.193. The van der Waals surface area contributed by atoms with Crippen LogP contribution in [0.1, 0.15) is 53.6 Å². The molecule has 166 valence electrons. The van der Waals surface area contributed by atoms with Gasteiger partial charge in [0.25, 0.3) is 5.91 Å². The minimum atomic E-state index is -0.662. The van der Waals surface area contributed by atoms with Gasteiger partial charge in [0.2, 0.25) is 12.3 Å². The molecule has 0 spiro atoms. The molecular weight excluding hydrogens is 396 g/mol. The number of amides is 3. The van der Waals surface area contributed by atoms with Crippen LogP contribution in [0.15, 0.2) is 18.2 Å². The first-order valence-electron chi connectivity index (χ1n) is 10.6. The molecule has 0 saturated heterocycles. The lowest BCUT2D eigenvalue weighted by molar-refractivity contribution is -0.125. The van der Waals surface area contributed by atoms with Gasteiger partial charge in [-0.05, 0) is 49.6 Å². The molecule has 0 saturated carbocycles. The topological polar surface area (TPSA) is 108 Å². The molecule has 31 heavy (non-hydrogen) atoms. The number of nitrogens with zero attached hydrogens (tertiary/aromatic N) is 1. The van der Waals surface area contributed by atoms with E-state index in [-0.39, 0.29) is 18.2 Å². The molecule has 0 aromatic heterocycles. The van der Waals surface area contributed by atoms with Crippen molar-refractivity contribution in [3.05, 3.63) is 34.9 Å². The Balaban J connectivity index is 1.88. The van der Waals surface area contributed by atoms with Crippen molar-refractivity contribution >= 4 is 24.5 Å². The Hall–Kier alpha value is -3.18. The molecule has 1 aliphatic heterocycles. The van der Waals surface area contributed by atoms with Crippen molar-refractivity contribution in [2.24, 2.45) is 0 Å². The van der Waals surface area contributed by atoms with Gasteiger partial charge in [-0.15, -0.1) is 0 Å². The molecule has 1 aromatic rings. The van der Waals surface area contributed by atoms with E-state index in [0.29, 0.717) is 37.9 Å². The second-order valence-electron chi connectivity index (χ2n) is 7.26. The van der Waals surface area contributed by atoms with Gasteiger partial charge in [-0.25, -0.2) is 0 Å². The van der Waals surface area contributed by atoms with E-state index < -0.39 is 6.04 Å². The van der Waals surface area contributed by atoms with E-state index in [4.69, 9.17) is 0 Å². The van der Waals surface area contributed by atoms with Crippen LogP contribution in [0, 0.1) is 11.8 Å². The van der Waals surface area contributed by atoms with Gasteiger partial charge in [0.1, 0.15) is 12.3 Å². The van der Waals surface area contributed by atoms with E-state index in [9.17, 15) is 19.2 Å². The predicted octanol–water partition coefficient (Wildman–Crippen LogP) is 0.594. The van der Waals surface area contributed by atoms with Gasteiger partial charge < -0.3 is 25.6 Å². The van der Waals surface area contributed by atoms with Gasteiger partial charge in [-0.2, -0.15) is 0 Å². The number of unbranched alkanes of at least 4 members (excludes halogenated alkanes) is 1. The largest absolute Gasteiger partial charge is 0.359 e. The van der Waals surface area contributed by atoms with E-state index in [1.165, 1.54) is 11.9 Å². The summed E-state index contributed by atoms with van der Waals surface area (Å²) in [7, 11) is 1.53. The Morgan fingerprint density at radius 1 is 1.23 bits per heavy atom. The van der Waals surface area contributed by atoms with E-state index >= 15 is 0 Å². The van der Waals surface area contributed by atoms with E-state index in [1.54, 1.807) is 6.07 Å². The van der Waals surface area contributed by atoms with Gasteiger partial charge in [0.05, 0.1) is 0 Å². The second-order valence-corrected chi connectivity index (χ2v) is 7.26. The van der Waals surface area contributed by atoms with Crippen LogP contribution in [0.25, 0.3) is 0 Å². The Kier molecular flexibility index (Phi) is 10.3. The second kappa shape index (κ2) is 13.2. The zero-order chi connectivity index (χ0) is 22.5. The summed E-state index contributed by atoms with van der Waals surface area (Å²) in [6.07, 6.45) is 4.64. The standard InChI is InChI=1S/C23H30N4O4/c1-24-22(30)21(8-6-14-28)27-16-19-15-18(9-10-20(19)23(27)31)7-2-3-11-25-12-4-5-13-26-17-29/h9-10,14-15,17,21,25H,3-6,8,11-13,16H2,1H3,(H,24,30)(H,26,29). The van der Waals surface area contributed by atoms with Crippen LogP contribution in [0.3, 0.4) is 0 Å². The predicted molar refractivity (Wildman–Crippen MR) is 117 cm³/mol. The molecule has 0 radical (unpaired) electrons. The molecule has 0 fully saturated rings. The highest BCUT2D eigenvalue weighted by Gasteiger charge is 2.35. The summed E-state index contributed by atoms with van der Waals surface area (Å²) in [6, 6.07) is 4.81. The van der Waals surface area contributed by atoms with Gasteiger partial charge in [0, 0.05) is 50.7 Å². The minimum Gasteiger partial charge on any atom is -0.359 e. The normalized spacial score (nSPS) is 13.1.